The highest BCUT2D eigenvalue weighted by atomic mass is 32.2. The Morgan fingerprint density at radius 3 is 2.90 bits per heavy atom. The van der Waals surface area contributed by atoms with Gasteiger partial charge in [0, 0.05) is 17.0 Å². The Bertz CT molecular complexity index is 783. The number of hydrogen-bond donors (Lipinski definition) is 1. The lowest BCUT2D eigenvalue weighted by Crippen LogP contribution is -1.91. The van der Waals surface area contributed by atoms with Crippen LogP contribution in [0.1, 0.15) is 11.1 Å². The summed E-state index contributed by atoms with van der Waals surface area (Å²) in [7, 11) is 1.68. The number of fused-ring (bicyclic) bond motifs is 1. The lowest BCUT2D eigenvalue weighted by molar-refractivity contribution is 0.411. The third-order valence-electron chi connectivity index (χ3n) is 3.18. The van der Waals surface area contributed by atoms with E-state index in [9.17, 15) is 0 Å². The van der Waals surface area contributed by atoms with Gasteiger partial charge in [0.2, 0.25) is 0 Å². The predicted molar refractivity (Wildman–Crippen MR) is 85.7 cm³/mol. The number of oxazole rings is 1. The Morgan fingerprint density at radius 1 is 1.24 bits per heavy atom. The molecule has 1 heterocycles. The number of methoxy groups -OCH3 is 1. The molecule has 0 bridgehead atoms. The number of nitrogen functional groups attached to an aromatic ring is 1. The molecule has 0 atom stereocenters. The van der Waals surface area contributed by atoms with Gasteiger partial charge in [0.25, 0.3) is 5.22 Å². The van der Waals surface area contributed by atoms with Crippen molar-refractivity contribution in [3.05, 3.63) is 47.5 Å². The van der Waals surface area contributed by atoms with Gasteiger partial charge in [0.15, 0.2) is 5.58 Å². The van der Waals surface area contributed by atoms with E-state index in [-0.39, 0.29) is 0 Å². The summed E-state index contributed by atoms with van der Waals surface area (Å²) in [5.74, 6) is 1.63. The van der Waals surface area contributed by atoms with Crippen molar-refractivity contribution in [2.45, 2.75) is 17.9 Å². The molecule has 0 saturated carbocycles. The Morgan fingerprint density at radius 2 is 2.10 bits per heavy atom. The first-order valence-electron chi connectivity index (χ1n) is 6.58. The molecule has 1 aromatic heterocycles. The van der Waals surface area contributed by atoms with E-state index >= 15 is 0 Å². The van der Waals surface area contributed by atoms with Crippen molar-refractivity contribution in [3.8, 4) is 5.75 Å². The monoisotopic (exact) mass is 300 g/mol. The average Bonchev–Trinajstić information content (AvgIpc) is 2.87. The molecule has 0 aliphatic rings. The van der Waals surface area contributed by atoms with Crippen molar-refractivity contribution >= 4 is 28.5 Å². The lowest BCUT2D eigenvalue weighted by atomic mass is 10.1. The van der Waals surface area contributed by atoms with E-state index in [4.69, 9.17) is 14.9 Å². The second kappa shape index (κ2) is 5.69. The van der Waals surface area contributed by atoms with Crippen LogP contribution in [0, 0.1) is 6.92 Å². The first-order valence-corrected chi connectivity index (χ1v) is 7.56. The Labute approximate surface area is 127 Å². The standard InChI is InChI=1S/C16H16N2O2S/c1-10-3-5-14(19-2)11(7-10)9-21-16-18-13-8-12(17)4-6-15(13)20-16/h3-8H,9,17H2,1-2H3. The van der Waals surface area contributed by atoms with Crippen LogP contribution in [0.5, 0.6) is 5.75 Å². The highest BCUT2D eigenvalue weighted by Crippen LogP contribution is 2.30. The summed E-state index contributed by atoms with van der Waals surface area (Å²) in [4.78, 5) is 4.44. The maximum atomic E-state index is 5.75. The number of nitrogens with two attached hydrogens (primary N) is 1. The highest BCUT2D eigenvalue weighted by molar-refractivity contribution is 7.98. The second-order valence-electron chi connectivity index (χ2n) is 4.81. The van der Waals surface area contributed by atoms with Crippen molar-refractivity contribution in [2.75, 3.05) is 12.8 Å². The van der Waals surface area contributed by atoms with Crippen LogP contribution in [0.15, 0.2) is 46.0 Å². The summed E-state index contributed by atoms with van der Waals surface area (Å²) in [5, 5.41) is 0.638. The molecule has 4 nitrogen and oxygen atoms in total. The van der Waals surface area contributed by atoms with E-state index in [1.165, 1.54) is 5.56 Å². The van der Waals surface area contributed by atoms with Crippen LogP contribution in [-0.4, -0.2) is 12.1 Å². The molecule has 21 heavy (non-hydrogen) atoms. The van der Waals surface area contributed by atoms with Gasteiger partial charge in [-0.2, -0.15) is 0 Å². The number of hydrogen-bond acceptors (Lipinski definition) is 5. The second-order valence-corrected chi connectivity index (χ2v) is 5.74. The first kappa shape index (κ1) is 13.8. The topological polar surface area (TPSA) is 61.3 Å². The molecule has 3 rings (SSSR count). The summed E-state index contributed by atoms with van der Waals surface area (Å²) in [6.45, 7) is 2.07. The van der Waals surface area contributed by atoms with Crippen molar-refractivity contribution in [1.29, 1.82) is 0 Å². The van der Waals surface area contributed by atoms with E-state index in [1.54, 1.807) is 18.9 Å². The number of aryl methyl sites for hydroxylation is 1. The minimum absolute atomic E-state index is 0.638. The summed E-state index contributed by atoms with van der Waals surface area (Å²) < 4.78 is 11.1. The van der Waals surface area contributed by atoms with Crippen LogP contribution in [0.2, 0.25) is 0 Å². The van der Waals surface area contributed by atoms with E-state index < -0.39 is 0 Å². The number of benzene rings is 2. The highest BCUT2D eigenvalue weighted by Gasteiger charge is 2.09. The number of thioether (sulfide) groups is 1. The Balaban J connectivity index is 1.81. The lowest BCUT2D eigenvalue weighted by Gasteiger charge is -2.07. The molecule has 0 amide bonds. The summed E-state index contributed by atoms with van der Waals surface area (Å²) in [5.41, 5.74) is 10.3. The molecule has 0 spiro atoms. The molecular formula is C16H16N2O2S. The summed E-state index contributed by atoms with van der Waals surface area (Å²) >= 11 is 1.54. The summed E-state index contributed by atoms with van der Waals surface area (Å²) in [6.07, 6.45) is 0. The van der Waals surface area contributed by atoms with Gasteiger partial charge in [-0.15, -0.1) is 0 Å². The fourth-order valence-corrected chi connectivity index (χ4v) is 2.96. The zero-order chi connectivity index (χ0) is 14.8. The molecule has 0 radical (unpaired) electrons. The van der Waals surface area contributed by atoms with Gasteiger partial charge < -0.3 is 14.9 Å². The average molecular weight is 300 g/mol. The molecule has 0 fully saturated rings. The molecule has 2 aromatic carbocycles. The molecule has 0 aliphatic carbocycles. The van der Waals surface area contributed by atoms with Crippen molar-refractivity contribution in [3.63, 3.8) is 0 Å². The number of rotatable bonds is 4. The van der Waals surface area contributed by atoms with Gasteiger partial charge in [0.1, 0.15) is 11.3 Å². The summed E-state index contributed by atoms with van der Waals surface area (Å²) in [6, 6.07) is 11.6. The molecular weight excluding hydrogens is 284 g/mol. The quantitative estimate of drug-likeness (QED) is 0.582. The normalized spacial score (nSPS) is 11.0. The van der Waals surface area contributed by atoms with Crippen LogP contribution >= 0.6 is 11.8 Å². The van der Waals surface area contributed by atoms with Gasteiger partial charge >= 0.3 is 0 Å². The molecule has 0 aliphatic heterocycles. The zero-order valence-corrected chi connectivity index (χ0v) is 12.7. The maximum absolute atomic E-state index is 5.75. The number of aromatic nitrogens is 1. The van der Waals surface area contributed by atoms with E-state index in [2.05, 4.69) is 18.0 Å². The van der Waals surface area contributed by atoms with E-state index in [0.717, 1.165) is 28.2 Å². The van der Waals surface area contributed by atoms with Crippen LogP contribution in [0.4, 0.5) is 5.69 Å². The van der Waals surface area contributed by atoms with Crippen LogP contribution < -0.4 is 10.5 Å². The van der Waals surface area contributed by atoms with Crippen molar-refractivity contribution in [1.82, 2.24) is 4.98 Å². The van der Waals surface area contributed by atoms with Gasteiger partial charge in [0.05, 0.1) is 7.11 Å². The predicted octanol–water partition coefficient (Wildman–Crippen LogP) is 4.02. The van der Waals surface area contributed by atoms with Gasteiger partial charge in [-0.3, -0.25) is 0 Å². The molecule has 0 unspecified atom stereocenters. The third-order valence-corrected chi connectivity index (χ3v) is 4.06. The molecule has 5 heteroatoms. The smallest absolute Gasteiger partial charge is 0.257 e. The largest absolute Gasteiger partial charge is 0.496 e. The van der Waals surface area contributed by atoms with Crippen LogP contribution in [0.3, 0.4) is 0 Å². The maximum Gasteiger partial charge on any atom is 0.257 e. The van der Waals surface area contributed by atoms with Crippen LogP contribution in [-0.2, 0) is 5.75 Å². The van der Waals surface area contributed by atoms with Crippen molar-refractivity contribution < 1.29 is 9.15 Å². The Hall–Kier alpha value is -2.14. The van der Waals surface area contributed by atoms with Gasteiger partial charge in [-0.05, 0) is 31.2 Å². The third kappa shape index (κ3) is 2.97. The SMILES string of the molecule is COc1ccc(C)cc1CSc1nc2cc(N)ccc2o1. The number of nitrogens with zero attached hydrogens (tertiary/aromatic N) is 1. The van der Waals surface area contributed by atoms with Gasteiger partial charge in [-0.1, -0.05) is 29.5 Å². The fourth-order valence-electron chi connectivity index (χ4n) is 2.14. The fraction of sp³-hybridized carbons (Fsp3) is 0.188. The van der Waals surface area contributed by atoms with Crippen LogP contribution in [0.25, 0.3) is 11.1 Å². The van der Waals surface area contributed by atoms with E-state index in [0.29, 0.717) is 10.9 Å². The molecule has 3 aromatic rings. The molecule has 108 valence electrons. The zero-order valence-electron chi connectivity index (χ0n) is 11.9. The first-order chi connectivity index (χ1) is 10.2. The van der Waals surface area contributed by atoms with Gasteiger partial charge in [-0.25, -0.2) is 4.98 Å². The van der Waals surface area contributed by atoms with E-state index in [1.807, 2.05) is 30.3 Å². The number of anilines is 1. The minimum atomic E-state index is 0.638. The van der Waals surface area contributed by atoms with Crippen molar-refractivity contribution in [2.24, 2.45) is 0 Å². The number of ether oxygens (including phenoxy) is 1. The minimum Gasteiger partial charge on any atom is -0.496 e. The Kier molecular flexibility index (Phi) is 3.75. The molecule has 2 N–H and O–H groups in total. The molecule has 0 saturated heterocycles.